The van der Waals surface area contributed by atoms with Gasteiger partial charge in [0.2, 0.25) is 5.91 Å². The molecule has 1 heterocycles. The fourth-order valence-corrected chi connectivity index (χ4v) is 2.20. The lowest BCUT2D eigenvalue weighted by molar-refractivity contribution is -0.131. The molecule has 1 fully saturated rings. The summed E-state index contributed by atoms with van der Waals surface area (Å²) in [6.45, 7) is 2.29. The van der Waals surface area contributed by atoms with Crippen molar-refractivity contribution in [3.8, 4) is 11.8 Å². The number of ether oxygens (including phenoxy) is 1. The highest BCUT2D eigenvalue weighted by Crippen LogP contribution is 2.19. The highest BCUT2D eigenvalue weighted by molar-refractivity contribution is 5.81. The Balaban J connectivity index is 1.89. The summed E-state index contributed by atoms with van der Waals surface area (Å²) < 4.78 is 5.53. The Hall–Kier alpha value is -1.83. The molecular weight excluding hydrogens is 254 g/mol. The van der Waals surface area contributed by atoms with E-state index < -0.39 is 0 Å². The number of amides is 1. The van der Waals surface area contributed by atoms with Crippen LogP contribution < -0.4 is 5.32 Å². The first-order valence-electron chi connectivity index (χ1n) is 6.81. The van der Waals surface area contributed by atoms with E-state index in [1.807, 2.05) is 31.2 Å². The lowest BCUT2D eigenvalue weighted by Gasteiger charge is -2.11. The number of benzene rings is 1. The quantitative estimate of drug-likeness (QED) is 0.814. The van der Waals surface area contributed by atoms with E-state index in [9.17, 15) is 4.79 Å². The SMILES string of the molecule is CC1CCC(C(=O)NCc2cccc(C#CCO)c2)O1. The van der Waals surface area contributed by atoms with Gasteiger partial charge in [-0.1, -0.05) is 24.0 Å². The van der Waals surface area contributed by atoms with Crippen LogP contribution in [0, 0.1) is 11.8 Å². The van der Waals surface area contributed by atoms with Gasteiger partial charge in [-0.2, -0.15) is 0 Å². The van der Waals surface area contributed by atoms with Gasteiger partial charge in [-0.15, -0.1) is 0 Å². The molecule has 0 aliphatic carbocycles. The van der Waals surface area contributed by atoms with Gasteiger partial charge in [0.25, 0.3) is 0 Å². The van der Waals surface area contributed by atoms with Crippen molar-refractivity contribution in [2.45, 2.75) is 38.5 Å². The maximum Gasteiger partial charge on any atom is 0.249 e. The van der Waals surface area contributed by atoms with Crippen molar-refractivity contribution in [3.63, 3.8) is 0 Å². The fraction of sp³-hybridized carbons (Fsp3) is 0.438. The van der Waals surface area contributed by atoms with Crippen molar-refractivity contribution in [1.29, 1.82) is 0 Å². The molecule has 4 heteroatoms. The summed E-state index contributed by atoms with van der Waals surface area (Å²) >= 11 is 0. The average Bonchev–Trinajstić information content (AvgIpc) is 2.90. The maximum atomic E-state index is 11.9. The number of nitrogens with one attached hydrogen (secondary N) is 1. The molecule has 1 saturated heterocycles. The van der Waals surface area contributed by atoms with Gasteiger partial charge in [0.1, 0.15) is 12.7 Å². The van der Waals surface area contributed by atoms with Crippen molar-refractivity contribution < 1.29 is 14.6 Å². The molecular formula is C16H19NO3. The number of carbonyl (C=O) groups excluding carboxylic acids is 1. The molecule has 4 nitrogen and oxygen atoms in total. The average molecular weight is 273 g/mol. The van der Waals surface area contributed by atoms with Crippen LogP contribution in [0.5, 0.6) is 0 Å². The lowest BCUT2D eigenvalue weighted by atomic mass is 10.1. The number of aliphatic hydroxyl groups excluding tert-OH is 1. The molecule has 2 rings (SSSR count). The van der Waals surface area contributed by atoms with Crippen LogP contribution >= 0.6 is 0 Å². The van der Waals surface area contributed by atoms with Gasteiger partial charge in [-0.3, -0.25) is 4.79 Å². The number of hydrogen-bond donors (Lipinski definition) is 2. The number of rotatable bonds is 3. The van der Waals surface area contributed by atoms with Crippen LogP contribution in [0.2, 0.25) is 0 Å². The zero-order valence-electron chi connectivity index (χ0n) is 11.6. The van der Waals surface area contributed by atoms with Gasteiger partial charge < -0.3 is 15.2 Å². The summed E-state index contributed by atoms with van der Waals surface area (Å²) in [6, 6.07) is 7.59. The summed E-state index contributed by atoms with van der Waals surface area (Å²) in [7, 11) is 0. The van der Waals surface area contributed by atoms with Crippen molar-refractivity contribution >= 4 is 5.91 Å². The molecule has 1 aromatic rings. The molecule has 0 aromatic heterocycles. The van der Waals surface area contributed by atoms with Gasteiger partial charge >= 0.3 is 0 Å². The summed E-state index contributed by atoms with van der Waals surface area (Å²) in [4.78, 5) is 11.9. The van der Waals surface area contributed by atoms with Crippen LogP contribution in [-0.4, -0.2) is 29.8 Å². The third-order valence-electron chi connectivity index (χ3n) is 3.23. The molecule has 0 saturated carbocycles. The Morgan fingerprint density at radius 1 is 1.50 bits per heavy atom. The number of aliphatic hydroxyl groups is 1. The summed E-state index contributed by atoms with van der Waals surface area (Å²) in [5, 5.41) is 11.6. The zero-order chi connectivity index (χ0) is 14.4. The fourth-order valence-electron chi connectivity index (χ4n) is 2.20. The standard InChI is InChI=1S/C16H19NO3/c1-12-7-8-15(20-12)16(19)17-11-14-5-2-4-13(10-14)6-3-9-18/h2,4-5,10,12,15,18H,7-9,11H2,1H3,(H,17,19). The van der Waals surface area contributed by atoms with E-state index in [4.69, 9.17) is 9.84 Å². The Morgan fingerprint density at radius 3 is 3.05 bits per heavy atom. The monoisotopic (exact) mass is 273 g/mol. The molecule has 0 radical (unpaired) electrons. The Labute approximate surface area is 119 Å². The van der Waals surface area contributed by atoms with Crippen molar-refractivity contribution in [3.05, 3.63) is 35.4 Å². The van der Waals surface area contributed by atoms with E-state index in [2.05, 4.69) is 17.2 Å². The Kier molecular flexibility index (Phi) is 5.16. The second-order valence-electron chi connectivity index (χ2n) is 4.89. The van der Waals surface area contributed by atoms with Crippen LogP contribution in [-0.2, 0) is 16.1 Å². The van der Waals surface area contributed by atoms with Crippen molar-refractivity contribution in [1.82, 2.24) is 5.32 Å². The predicted molar refractivity (Wildman–Crippen MR) is 75.8 cm³/mol. The number of carbonyl (C=O) groups is 1. The molecule has 106 valence electrons. The molecule has 1 aromatic carbocycles. The Morgan fingerprint density at radius 2 is 2.35 bits per heavy atom. The minimum atomic E-state index is -0.317. The highest BCUT2D eigenvalue weighted by Gasteiger charge is 2.27. The number of hydrogen-bond acceptors (Lipinski definition) is 3. The van der Waals surface area contributed by atoms with Crippen LogP contribution in [0.15, 0.2) is 24.3 Å². The third-order valence-corrected chi connectivity index (χ3v) is 3.23. The normalized spacial score (nSPS) is 21.1. The third kappa shape index (κ3) is 4.09. The second kappa shape index (κ2) is 7.09. The first-order chi connectivity index (χ1) is 9.69. The summed E-state index contributed by atoms with van der Waals surface area (Å²) in [5.74, 6) is 5.40. The van der Waals surface area contributed by atoms with E-state index in [1.54, 1.807) is 0 Å². The smallest absolute Gasteiger partial charge is 0.249 e. The predicted octanol–water partition coefficient (Wildman–Crippen LogP) is 1.21. The molecule has 20 heavy (non-hydrogen) atoms. The molecule has 1 aliphatic rings. The van der Waals surface area contributed by atoms with Gasteiger partial charge in [-0.25, -0.2) is 0 Å². The molecule has 1 aliphatic heterocycles. The van der Waals surface area contributed by atoms with E-state index >= 15 is 0 Å². The first kappa shape index (κ1) is 14.6. The molecule has 2 N–H and O–H groups in total. The zero-order valence-corrected chi connectivity index (χ0v) is 11.6. The highest BCUT2D eigenvalue weighted by atomic mass is 16.5. The lowest BCUT2D eigenvalue weighted by Crippen LogP contribution is -2.34. The largest absolute Gasteiger partial charge is 0.384 e. The minimum absolute atomic E-state index is 0.0544. The summed E-state index contributed by atoms with van der Waals surface area (Å²) in [6.07, 6.45) is 1.57. The molecule has 2 unspecified atom stereocenters. The van der Waals surface area contributed by atoms with Crippen molar-refractivity contribution in [2.24, 2.45) is 0 Å². The van der Waals surface area contributed by atoms with Gasteiger partial charge in [0.15, 0.2) is 0 Å². The maximum absolute atomic E-state index is 11.9. The molecule has 2 atom stereocenters. The van der Waals surface area contributed by atoms with E-state index in [-0.39, 0.29) is 24.7 Å². The molecule has 0 spiro atoms. The molecule has 1 amide bonds. The first-order valence-corrected chi connectivity index (χ1v) is 6.81. The van der Waals surface area contributed by atoms with Gasteiger partial charge in [-0.05, 0) is 37.5 Å². The van der Waals surface area contributed by atoms with Gasteiger partial charge in [0.05, 0.1) is 6.10 Å². The topological polar surface area (TPSA) is 58.6 Å². The van der Waals surface area contributed by atoms with E-state index in [0.717, 1.165) is 24.0 Å². The summed E-state index contributed by atoms with van der Waals surface area (Å²) in [5.41, 5.74) is 1.81. The van der Waals surface area contributed by atoms with Crippen LogP contribution in [0.25, 0.3) is 0 Å². The van der Waals surface area contributed by atoms with Gasteiger partial charge in [0, 0.05) is 12.1 Å². The minimum Gasteiger partial charge on any atom is -0.384 e. The van der Waals surface area contributed by atoms with Crippen LogP contribution in [0.3, 0.4) is 0 Å². The van der Waals surface area contributed by atoms with E-state index in [0.29, 0.717) is 6.54 Å². The van der Waals surface area contributed by atoms with Crippen molar-refractivity contribution in [2.75, 3.05) is 6.61 Å². The molecule has 0 bridgehead atoms. The van der Waals surface area contributed by atoms with Crippen LogP contribution in [0.1, 0.15) is 30.9 Å². The Bertz CT molecular complexity index is 530. The second-order valence-corrected chi connectivity index (χ2v) is 4.89. The van der Waals surface area contributed by atoms with E-state index in [1.165, 1.54) is 0 Å². The van der Waals surface area contributed by atoms with Crippen LogP contribution in [0.4, 0.5) is 0 Å².